The molecule has 4 rings (SSSR count). The van der Waals surface area contributed by atoms with E-state index in [-0.39, 0.29) is 29.7 Å². The second-order valence-corrected chi connectivity index (χ2v) is 8.60. The Morgan fingerprint density at radius 2 is 1.88 bits per heavy atom. The van der Waals surface area contributed by atoms with Crippen LogP contribution in [0.4, 0.5) is 0 Å². The molecule has 1 aromatic carbocycles. The van der Waals surface area contributed by atoms with Gasteiger partial charge in [-0.2, -0.15) is 0 Å². The van der Waals surface area contributed by atoms with Gasteiger partial charge >= 0.3 is 0 Å². The number of carbonyl (C=O) groups excluding carboxylic acids is 3. The molecule has 0 spiro atoms. The number of likely N-dealkylation sites (N-methyl/N-ethyl adjacent to an activating group) is 1. The van der Waals surface area contributed by atoms with E-state index in [0.29, 0.717) is 11.3 Å². The molecule has 0 saturated heterocycles. The van der Waals surface area contributed by atoms with Gasteiger partial charge < -0.3 is 30.9 Å². The number of carbonyl (C=O) groups is 3. The largest absolute Gasteiger partial charge is 0.510 e. The van der Waals surface area contributed by atoms with Crippen LogP contribution in [0.15, 0.2) is 34.8 Å². The van der Waals surface area contributed by atoms with Gasteiger partial charge in [-0.25, -0.2) is 0 Å². The van der Waals surface area contributed by atoms with E-state index in [1.807, 2.05) is 0 Å². The first-order chi connectivity index (χ1) is 15.0. The molecule has 10 nitrogen and oxygen atoms in total. The van der Waals surface area contributed by atoms with Crippen LogP contribution in [0.5, 0.6) is 11.5 Å². The van der Waals surface area contributed by atoms with Gasteiger partial charge in [0.25, 0.3) is 5.91 Å². The van der Waals surface area contributed by atoms with Crippen molar-refractivity contribution in [3.63, 3.8) is 0 Å². The summed E-state index contributed by atoms with van der Waals surface area (Å²) in [6.45, 7) is 0. The van der Waals surface area contributed by atoms with Crippen LogP contribution < -0.4 is 10.5 Å². The predicted molar refractivity (Wildman–Crippen MR) is 110 cm³/mol. The molecular formula is C22H24N2O8. The Labute approximate surface area is 183 Å². The average molecular weight is 444 g/mol. The van der Waals surface area contributed by atoms with Crippen molar-refractivity contribution in [2.45, 2.75) is 24.5 Å². The Hall–Kier alpha value is -3.37. The van der Waals surface area contributed by atoms with Crippen LogP contribution in [0, 0.1) is 11.8 Å². The number of fused-ring (bicyclic) bond motifs is 3. The van der Waals surface area contributed by atoms with Gasteiger partial charge in [-0.1, -0.05) is 0 Å². The maximum absolute atomic E-state index is 13.3. The van der Waals surface area contributed by atoms with Crippen molar-refractivity contribution < 1.29 is 39.5 Å². The van der Waals surface area contributed by atoms with Gasteiger partial charge in [0.05, 0.1) is 18.7 Å². The van der Waals surface area contributed by atoms with Crippen LogP contribution in [0.2, 0.25) is 0 Å². The number of ketones is 2. The molecule has 170 valence electrons. The lowest BCUT2D eigenvalue weighted by atomic mass is 9.58. The van der Waals surface area contributed by atoms with Crippen LogP contribution in [0.25, 0.3) is 0 Å². The number of hydrogen-bond donors (Lipinski definition) is 5. The molecule has 6 N–H and O–H groups in total. The molecule has 0 radical (unpaired) electrons. The molecule has 0 saturated carbocycles. The molecule has 3 aliphatic carbocycles. The lowest BCUT2D eigenvalue weighted by Crippen LogP contribution is -2.63. The minimum Gasteiger partial charge on any atom is -0.510 e. The lowest BCUT2D eigenvalue weighted by molar-refractivity contribution is -0.148. The highest BCUT2D eigenvalue weighted by atomic mass is 16.5. The van der Waals surface area contributed by atoms with Gasteiger partial charge in [0.1, 0.15) is 28.6 Å². The number of aliphatic hydroxyl groups excluding tert-OH is 2. The molecule has 0 bridgehead atoms. The van der Waals surface area contributed by atoms with Crippen LogP contribution >= 0.6 is 0 Å². The van der Waals surface area contributed by atoms with Crippen LogP contribution in [-0.4, -0.2) is 75.6 Å². The summed E-state index contributed by atoms with van der Waals surface area (Å²) in [5.74, 6) is -6.38. The number of ether oxygens (including phenoxy) is 1. The Morgan fingerprint density at radius 1 is 1.22 bits per heavy atom. The van der Waals surface area contributed by atoms with E-state index < -0.39 is 58.0 Å². The molecule has 0 aromatic heterocycles. The second-order valence-electron chi connectivity index (χ2n) is 8.60. The molecule has 0 heterocycles. The van der Waals surface area contributed by atoms with E-state index in [1.165, 1.54) is 24.1 Å². The van der Waals surface area contributed by atoms with Gasteiger partial charge in [-0.3, -0.25) is 19.3 Å². The predicted octanol–water partition coefficient (Wildman–Crippen LogP) is 0.129. The summed E-state index contributed by atoms with van der Waals surface area (Å²) in [7, 11) is 4.58. The summed E-state index contributed by atoms with van der Waals surface area (Å²) in [6.07, 6.45) is 0.219. The number of allylic oxidation sites excluding steroid dienone is 1. The maximum atomic E-state index is 13.3. The molecular weight excluding hydrogens is 420 g/mol. The number of Topliss-reactive ketones (excluding diaryl/α,β-unsaturated/α-hetero) is 2. The number of nitrogens with zero attached hydrogens (tertiary/aromatic N) is 1. The summed E-state index contributed by atoms with van der Waals surface area (Å²) < 4.78 is 5.33. The summed E-state index contributed by atoms with van der Waals surface area (Å²) in [5.41, 5.74) is 1.99. The van der Waals surface area contributed by atoms with Crippen molar-refractivity contribution in [3.8, 4) is 11.5 Å². The highest BCUT2D eigenvalue weighted by molar-refractivity contribution is 6.24. The smallest absolute Gasteiger partial charge is 0.255 e. The Balaban J connectivity index is 1.98. The number of methoxy groups -OCH3 is 1. The Kier molecular flexibility index (Phi) is 4.83. The summed E-state index contributed by atoms with van der Waals surface area (Å²) in [6, 6.07) is 1.79. The highest BCUT2D eigenvalue weighted by Gasteiger charge is 2.63. The minimum atomic E-state index is -2.64. The normalized spacial score (nSPS) is 29.6. The van der Waals surface area contributed by atoms with E-state index in [9.17, 15) is 34.8 Å². The molecule has 10 heteroatoms. The summed E-state index contributed by atoms with van der Waals surface area (Å²) in [5, 5.41) is 43.6. The van der Waals surface area contributed by atoms with Crippen LogP contribution in [-0.2, 0) is 16.0 Å². The first-order valence-corrected chi connectivity index (χ1v) is 10.00. The fraction of sp³-hybridized carbons (Fsp3) is 0.409. The van der Waals surface area contributed by atoms with Crippen molar-refractivity contribution in [2.75, 3.05) is 21.2 Å². The van der Waals surface area contributed by atoms with Crippen molar-refractivity contribution in [1.29, 1.82) is 0 Å². The fourth-order valence-corrected chi connectivity index (χ4v) is 5.41. The fourth-order valence-electron chi connectivity index (χ4n) is 5.41. The molecule has 4 atom stereocenters. The zero-order chi connectivity index (χ0) is 23.7. The third-order valence-electron chi connectivity index (χ3n) is 6.78. The molecule has 0 fully saturated rings. The van der Waals surface area contributed by atoms with Gasteiger partial charge in [-0.05, 0) is 45.0 Å². The molecule has 1 aromatic rings. The number of aliphatic hydroxyl groups is 3. The van der Waals surface area contributed by atoms with E-state index >= 15 is 0 Å². The van der Waals surface area contributed by atoms with Crippen molar-refractivity contribution >= 4 is 17.5 Å². The van der Waals surface area contributed by atoms with Gasteiger partial charge in [0, 0.05) is 17.1 Å². The molecule has 0 unspecified atom stereocenters. The first kappa shape index (κ1) is 21.8. The number of aromatic hydroxyl groups is 1. The number of benzene rings is 1. The zero-order valence-corrected chi connectivity index (χ0v) is 17.7. The van der Waals surface area contributed by atoms with E-state index in [2.05, 4.69) is 0 Å². The summed E-state index contributed by atoms with van der Waals surface area (Å²) in [4.78, 5) is 39.9. The van der Waals surface area contributed by atoms with E-state index in [4.69, 9.17) is 10.5 Å². The molecule has 3 aliphatic rings. The number of rotatable bonds is 3. The molecule has 0 aliphatic heterocycles. The number of phenolic OH excluding ortho intramolecular Hbond substituents is 1. The number of nitrogens with two attached hydrogens (primary N) is 1. The average Bonchev–Trinajstić information content (AvgIpc) is 2.70. The summed E-state index contributed by atoms with van der Waals surface area (Å²) >= 11 is 0. The van der Waals surface area contributed by atoms with Crippen molar-refractivity contribution in [3.05, 3.63) is 45.9 Å². The topological polar surface area (TPSA) is 171 Å². The number of amides is 1. The Morgan fingerprint density at radius 3 is 2.44 bits per heavy atom. The third kappa shape index (κ3) is 2.63. The minimum absolute atomic E-state index is 0.0323. The number of hydrogen-bond acceptors (Lipinski definition) is 9. The lowest BCUT2D eigenvalue weighted by Gasteiger charge is -2.50. The monoisotopic (exact) mass is 444 g/mol. The van der Waals surface area contributed by atoms with Crippen LogP contribution in [0.1, 0.15) is 22.3 Å². The van der Waals surface area contributed by atoms with Crippen molar-refractivity contribution in [2.24, 2.45) is 17.6 Å². The van der Waals surface area contributed by atoms with Crippen LogP contribution in [0.3, 0.4) is 0 Å². The second kappa shape index (κ2) is 7.07. The highest BCUT2D eigenvalue weighted by Crippen LogP contribution is 2.52. The molecule has 32 heavy (non-hydrogen) atoms. The van der Waals surface area contributed by atoms with Gasteiger partial charge in [0.2, 0.25) is 5.78 Å². The first-order valence-electron chi connectivity index (χ1n) is 10.00. The third-order valence-corrected chi connectivity index (χ3v) is 6.78. The standard InChI is InChI=1S/C22H24N2O8/c1-24(2)16-10-7-8-6-9-12(32-3)5-4-11(25)14(9)17(26)13(8)19(28)22(10,31)20(29)15(18(16)27)21(23)30/h4-5,8,10,16,25,27-28,31H,6-7H2,1-3H3,(H2,23,30)/t8-,10-,16-,22-/m0/s1. The Bertz CT molecular complexity index is 1130. The maximum Gasteiger partial charge on any atom is 0.255 e. The number of phenols is 1. The van der Waals surface area contributed by atoms with E-state index in [0.717, 1.165) is 0 Å². The number of primary amides is 1. The quantitative estimate of drug-likeness (QED) is 0.406. The van der Waals surface area contributed by atoms with Gasteiger partial charge in [0.15, 0.2) is 11.4 Å². The van der Waals surface area contributed by atoms with Gasteiger partial charge in [-0.15, -0.1) is 0 Å². The zero-order valence-electron chi connectivity index (χ0n) is 17.7. The van der Waals surface area contributed by atoms with Crippen molar-refractivity contribution in [1.82, 2.24) is 4.90 Å². The molecule has 1 amide bonds. The SMILES string of the molecule is COc1ccc(O)c2c1C[C@H]1C[C@H]3[C@H](N(C)C)C(O)=C(C(N)=O)C(=O)[C@@]3(O)C(O)=C1C2=O. The van der Waals surface area contributed by atoms with E-state index in [1.54, 1.807) is 14.1 Å².